The number of hydrogen-bond donors (Lipinski definition) is 3. The van der Waals surface area contributed by atoms with E-state index in [4.69, 9.17) is 0 Å². The van der Waals surface area contributed by atoms with E-state index in [9.17, 15) is 10.2 Å². The molecule has 0 fully saturated rings. The van der Waals surface area contributed by atoms with Crippen LogP contribution in [0.4, 0.5) is 0 Å². The number of phenolic OH excluding ortho intramolecular Hbond substituents is 2. The molecule has 0 heterocycles. The predicted molar refractivity (Wildman–Crippen MR) is 88.0 cm³/mol. The van der Waals surface area contributed by atoms with Crippen molar-refractivity contribution in [1.82, 2.24) is 5.32 Å². The van der Waals surface area contributed by atoms with Gasteiger partial charge < -0.3 is 15.5 Å². The second-order valence-corrected chi connectivity index (χ2v) is 6.05. The molecule has 0 saturated carbocycles. The maximum absolute atomic E-state index is 9.56. The Kier molecular flexibility index (Phi) is 5.15. The molecule has 0 bridgehead atoms. The van der Waals surface area contributed by atoms with Crippen molar-refractivity contribution in [3.63, 3.8) is 0 Å². The highest BCUT2D eigenvalue weighted by Crippen LogP contribution is 2.27. The molecule has 2 unspecified atom stereocenters. The van der Waals surface area contributed by atoms with Gasteiger partial charge in [0.15, 0.2) is 0 Å². The predicted octanol–water partition coefficient (Wildman–Crippen LogP) is 4.23. The van der Waals surface area contributed by atoms with Gasteiger partial charge in [-0.1, -0.05) is 12.1 Å². The first-order chi connectivity index (χ1) is 9.99. The zero-order valence-electron chi connectivity index (χ0n) is 12.5. The Morgan fingerprint density at radius 1 is 0.857 bits per heavy atom. The van der Waals surface area contributed by atoms with Crippen LogP contribution in [0.2, 0.25) is 0 Å². The zero-order chi connectivity index (χ0) is 15.4. The van der Waals surface area contributed by atoms with E-state index in [2.05, 4.69) is 42.8 Å². The Morgan fingerprint density at radius 2 is 1.38 bits per heavy atom. The molecular formula is C17H21NO2S. The summed E-state index contributed by atoms with van der Waals surface area (Å²) in [5, 5.41) is 22.6. The summed E-state index contributed by atoms with van der Waals surface area (Å²) in [6.45, 7) is 4.12. The number of thioether (sulfide) groups is 1. The number of nitrogens with one attached hydrogen (secondary N) is 1. The lowest BCUT2D eigenvalue weighted by atomic mass is 10.0. The van der Waals surface area contributed by atoms with Crippen LogP contribution in [0.25, 0.3) is 0 Å². The highest BCUT2D eigenvalue weighted by Gasteiger charge is 2.12. The first kappa shape index (κ1) is 15.7. The second-order valence-electron chi connectivity index (χ2n) is 5.17. The quantitative estimate of drug-likeness (QED) is 0.723. The SMILES string of the molecule is CSc1ccc(C(C)NC(C)c2cc(O)cc(O)c2)cc1. The summed E-state index contributed by atoms with van der Waals surface area (Å²) in [6, 6.07) is 13.3. The van der Waals surface area contributed by atoms with Gasteiger partial charge in [-0.05, 0) is 55.5 Å². The fourth-order valence-electron chi connectivity index (χ4n) is 2.33. The summed E-state index contributed by atoms with van der Waals surface area (Å²) >= 11 is 1.73. The molecule has 2 aromatic carbocycles. The van der Waals surface area contributed by atoms with Crippen LogP contribution in [0.1, 0.15) is 37.1 Å². The molecular weight excluding hydrogens is 282 g/mol. The van der Waals surface area contributed by atoms with Gasteiger partial charge in [0.1, 0.15) is 11.5 Å². The van der Waals surface area contributed by atoms with E-state index in [1.807, 2.05) is 6.92 Å². The third kappa shape index (κ3) is 4.16. The third-order valence-electron chi connectivity index (χ3n) is 3.54. The summed E-state index contributed by atoms with van der Waals surface area (Å²) in [5.41, 5.74) is 2.07. The topological polar surface area (TPSA) is 52.5 Å². The minimum absolute atomic E-state index is 0.0261. The molecule has 3 nitrogen and oxygen atoms in total. The molecule has 0 spiro atoms. The Labute approximate surface area is 130 Å². The van der Waals surface area contributed by atoms with E-state index < -0.39 is 0 Å². The van der Waals surface area contributed by atoms with Crippen molar-refractivity contribution in [1.29, 1.82) is 0 Å². The number of hydrogen-bond acceptors (Lipinski definition) is 4. The van der Waals surface area contributed by atoms with Gasteiger partial charge in [-0.15, -0.1) is 11.8 Å². The van der Waals surface area contributed by atoms with E-state index in [1.54, 1.807) is 23.9 Å². The molecule has 2 rings (SSSR count). The fourth-order valence-corrected chi connectivity index (χ4v) is 2.74. The minimum Gasteiger partial charge on any atom is -0.508 e. The molecule has 112 valence electrons. The molecule has 0 amide bonds. The van der Waals surface area contributed by atoms with E-state index in [1.165, 1.54) is 16.5 Å². The van der Waals surface area contributed by atoms with Crippen molar-refractivity contribution in [3.05, 3.63) is 53.6 Å². The highest BCUT2D eigenvalue weighted by atomic mass is 32.2. The van der Waals surface area contributed by atoms with Crippen molar-refractivity contribution in [2.75, 3.05) is 6.26 Å². The van der Waals surface area contributed by atoms with Crippen molar-refractivity contribution in [2.24, 2.45) is 0 Å². The molecule has 0 radical (unpaired) electrons. The molecule has 4 heteroatoms. The average molecular weight is 303 g/mol. The summed E-state index contributed by atoms with van der Waals surface area (Å²) in [7, 11) is 0. The molecule has 21 heavy (non-hydrogen) atoms. The molecule has 0 aliphatic heterocycles. The number of phenols is 2. The molecule has 0 aromatic heterocycles. The highest BCUT2D eigenvalue weighted by molar-refractivity contribution is 7.98. The first-order valence-corrected chi connectivity index (χ1v) is 8.15. The van der Waals surface area contributed by atoms with Gasteiger partial charge in [-0.2, -0.15) is 0 Å². The van der Waals surface area contributed by atoms with Gasteiger partial charge in [0.05, 0.1) is 0 Å². The Hall–Kier alpha value is -1.65. The molecule has 3 N–H and O–H groups in total. The third-order valence-corrected chi connectivity index (χ3v) is 4.28. The van der Waals surface area contributed by atoms with Crippen molar-refractivity contribution in [3.8, 4) is 11.5 Å². The molecule has 0 aliphatic rings. The maximum Gasteiger partial charge on any atom is 0.119 e. The minimum atomic E-state index is 0.0261. The Morgan fingerprint density at radius 3 is 1.90 bits per heavy atom. The van der Waals surface area contributed by atoms with Gasteiger partial charge in [0.25, 0.3) is 0 Å². The lowest BCUT2D eigenvalue weighted by Crippen LogP contribution is -2.22. The summed E-state index contributed by atoms with van der Waals surface area (Å²) in [6.07, 6.45) is 2.06. The van der Waals surface area contributed by atoms with Crippen molar-refractivity contribution < 1.29 is 10.2 Å². The number of rotatable bonds is 5. The first-order valence-electron chi connectivity index (χ1n) is 6.92. The van der Waals surface area contributed by atoms with Gasteiger partial charge in [-0.3, -0.25) is 0 Å². The second kappa shape index (κ2) is 6.87. The average Bonchev–Trinajstić information content (AvgIpc) is 2.46. The van der Waals surface area contributed by atoms with E-state index in [-0.39, 0.29) is 23.6 Å². The van der Waals surface area contributed by atoms with Crippen molar-refractivity contribution >= 4 is 11.8 Å². The number of aromatic hydroxyl groups is 2. The van der Waals surface area contributed by atoms with E-state index >= 15 is 0 Å². The zero-order valence-corrected chi connectivity index (χ0v) is 13.3. The monoisotopic (exact) mass is 303 g/mol. The van der Waals surface area contributed by atoms with Crippen LogP contribution in [0, 0.1) is 0 Å². The molecule has 2 aromatic rings. The molecule has 2 atom stereocenters. The summed E-state index contributed by atoms with van der Waals surface area (Å²) in [4.78, 5) is 1.25. The van der Waals surface area contributed by atoms with Crippen LogP contribution in [-0.4, -0.2) is 16.5 Å². The maximum atomic E-state index is 9.56. The van der Waals surface area contributed by atoms with Crippen LogP contribution in [0.5, 0.6) is 11.5 Å². The van der Waals surface area contributed by atoms with E-state index in [0.717, 1.165) is 5.56 Å². The van der Waals surface area contributed by atoms with Crippen LogP contribution in [0.3, 0.4) is 0 Å². The standard InChI is InChI=1S/C17H21NO2S/c1-11(13-4-6-17(21-3)7-5-13)18-12(2)14-8-15(19)10-16(20)9-14/h4-12,18-20H,1-3H3. The van der Waals surface area contributed by atoms with Crippen LogP contribution < -0.4 is 5.32 Å². The Bertz CT molecular complexity index is 578. The Balaban J connectivity index is 2.08. The lowest BCUT2D eigenvalue weighted by Gasteiger charge is -2.21. The van der Waals surface area contributed by atoms with Crippen molar-refractivity contribution in [2.45, 2.75) is 30.8 Å². The van der Waals surface area contributed by atoms with Gasteiger partial charge >= 0.3 is 0 Å². The number of benzene rings is 2. The fraction of sp³-hybridized carbons (Fsp3) is 0.294. The van der Waals surface area contributed by atoms with Gasteiger partial charge in [0, 0.05) is 23.0 Å². The normalized spacial score (nSPS) is 13.9. The van der Waals surface area contributed by atoms with Crippen LogP contribution in [-0.2, 0) is 0 Å². The summed E-state index contributed by atoms with van der Waals surface area (Å²) in [5.74, 6) is 0.159. The molecule has 0 saturated heterocycles. The van der Waals surface area contributed by atoms with Gasteiger partial charge in [-0.25, -0.2) is 0 Å². The van der Waals surface area contributed by atoms with E-state index in [0.29, 0.717) is 0 Å². The molecule has 0 aliphatic carbocycles. The van der Waals surface area contributed by atoms with Crippen LogP contribution >= 0.6 is 11.8 Å². The lowest BCUT2D eigenvalue weighted by molar-refractivity contribution is 0.442. The smallest absolute Gasteiger partial charge is 0.119 e. The van der Waals surface area contributed by atoms with Crippen LogP contribution in [0.15, 0.2) is 47.4 Å². The largest absolute Gasteiger partial charge is 0.508 e. The summed E-state index contributed by atoms with van der Waals surface area (Å²) < 4.78 is 0. The van der Waals surface area contributed by atoms with Gasteiger partial charge in [0.2, 0.25) is 0 Å².